The number of aryl methyl sites for hydroxylation is 4. The number of benzene rings is 4. The van der Waals surface area contributed by atoms with Gasteiger partial charge in [0.25, 0.3) is 0 Å². The lowest BCUT2D eigenvalue weighted by atomic mass is 9.90. The van der Waals surface area contributed by atoms with Crippen molar-refractivity contribution in [3.05, 3.63) is 123 Å². The predicted octanol–water partition coefficient (Wildman–Crippen LogP) is 7.73. The van der Waals surface area contributed by atoms with Gasteiger partial charge >= 0.3 is 10.1 Å². The second kappa shape index (κ2) is 15.0. The Balaban J connectivity index is 0.000000188. The van der Waals surface area contributed by atoms with Crippen LogP contribution in [-0.2, 0) is 36.2 Å². The Labute approximate surface area is 282 Å². The minimum absolute atomic E-state index is 0.0469. The fraction of sp³-hybridized carbons (Fsp3) is 0.308. The first-order valence-corrected chi connectivity index (χ1v) is 17.9. The average Bonchev–Trinajstić information content (AvgIpc) is 3.05. The smallest absolute Gasteiger partial charge is 0.306 e. The second-order valence-electron chi connectivity index (χ2n) is 12.3. The third kappa shape index (κ3) is 8.98. The molecule has 0 aliphatic heterocycles. The molecule has 2 aliphatic carbocycles. The Bertz CT molecular complexity index is 1980. The van der Waals surface area contributed by atoms with E-state index >= 15 is 0 Å². The van der Waals surface area contributed by atoms with E-state index in [-0.39, 0.29) is 29.7 Å². The topological polar surface area (TPSA) is 113 Å². The number of rotatable bonds is 9. The molecule has 4 aromatic carbocycles. The highest BCUT2D eigenvalue weighted by molar-refractivity contribution is 7.86. The zero-order chi connectivity index (χ0) is 34.4. The summed E-state index contributed by atoms with van der Waals surface area (Å²) in [5.74, 6) is 1.99. The van der Waals surface area contributed by atoms with Crippen LogP contribution in [0.25, 0.3) is 0 Å². The molecule has 0 fully saturated rings. The molecule has 0 bridgehead atoms. The van der Waals surface area contributed by atoms with Gasteiger partial charge in [0.15, 0.2) is 17.3 Å². The molecule has 0 aromatic heterocycles. The lowest BCUT2D eigenvalue weighted by Gasteiger charge is -2.16. The Morgan fingerprint density at radius 3 is 1.62 bits per heavy atom. The number of carbonyl (C=O) groups is 3. The Morgan fingerprint density at radius 2 is 1.12 bits per heavy atom. The van der Waals surface area contributed by atoms with Gasteiger partial charge in [-0.25, -0.2) is 0 Å². The standard InChI is InChI=1S/C20H20O3.C19H20O5S/c1-13-6-7-16(14(2)21)10-17(13)12-23-18-9-8-15-4-3-5-20(22)19(15)11-18;1-13-6-8-17(24-25(2,21)22)10-15(13)12-23-16-9-7-14-4-3-5-19(20)18(14)11-16/h6-11H,3-5,12H2,1-2H3;6-11H,3-5,12H2,1-2H3. The molecule has 0 radical (unpaired) electrons. The molecule has 9 heteroatoms. The molecule has 0 saturated heterocycles. The highest BCUT2D eigenvalue weighted by Crippen LogP contribution is 2.28. The van der Waals surface area contributed by atoms with Gasteiger partial charge in [0.2, 0.25) is 0 Å². The van der Waals surface area contributed by atoms with E-state index < -0.39 is 10.1 Å². The number of carbonyl (C=O) groups excluding carboxylic acids is 3. The third-order valence-electron chi connectivity index (χ3n) is 8.58. The van der Waals surface area contributed by atoms with E-state index in [0.29, 0.717) is 36.5 Å². The zero-order valence-electron chi connectivity index (χ0n) is 27.8. The number of ether oxygens (including phenoxy) is 2. The van der Waals surface area contributed by atoms with Gasteiger partial charge in [0, 0.05) is 29.5 Å². The first kappa shape index (κ1) is 34.6. The van der Waals surface area contributed by atoms with Crippen LogP contribution < -0.4 is 13.7 Å². The molecule has 0 atom stereocenters. The van der Waals surface area contributed by atoms with Gasteiger partial charge in [-0.15, -0.1) is 0 Å². The molecule has 0 amide bonds. The number of Topliss-reactive ketones (excluding diaryl/α,β-unsaturated/α-hetero) is 3. The monoisotopic (exact) mass is 668 g/mol. The summed E-state index contributed by atoms with van der Waals surface area (Å²) >= 11 is 0. The van der Waals surface area contributed by atoms with Crippen LogP contribution in [0.4, 0.5) is 0 Å². The maximum absolute atomic E-state index is 12.0. The summed E-state index contributed by atoms with van der Waals surface area (Å²) in [5, 5.41) is 0. The molecule has 0 saturated carbocycles. The Morgan fingerprint density at radius 1 is 0.646 bits per heavy atom. The first-order chi connectivity index (χ1) is 22.9. The molecule has 0 unspecified atom stereocenters. The molecule has 250 valence electrons. The quantitative estimate of drug-likeness (QED) is 0.132. The van der Waals surface area contributed by atoms with Crippen molar-refractivity contribution in [3.8, 4) is 17.2 Å². The summed E-state index contributed by atoms with van der Waals surface area (Å²) < 4.78 is 39.1. The number of ketones is 3. The van der Waals surface area contributed by atoms with Crippen LogP contribution in [-0.4, -0.2) is 32.0 Å². The maximum atomic E-state index is 12.0. The SMILES string of the molecule is CC(=O)c1ccc(C)c(COc2ccc3c(c2)C(=O)CCC3)c1.Cc1ccc(OS(C)(=O)=O)cc1COc1ccc2c(c1)C(=O)CCC2. The summed E-state index contributed by atoms with van der Waals surface area (Å²) in [5.41, 5.74) is 8.28. The lowest BCUT2D eigenvalue weighted by molar-refractivity contribution is 0.0964. The van der Waals surface area contributed by atoms with Crippen LogP contribution in [0.1, 0.15) is 97.1 Å². The van der Waals surface area contributed by atoms with Crippen molar-refractivity contribution >= 4 is 27.5 Å². The van der Waals surface area contributed by atoms with Crippen molar-refractivity contribution in [2.75, 3.05) is 6.26 Å². The van der Waals surface area contributed by atoms with Gasteiger partial charge < -0.3 is 13.7 Å². The Kier molecular flexibility index (Phi) is 10.8. The van der Waals surface area contributed by atoms with Gasteiger partial charge in [0.1, 0.15) is 30.5 Å². The summed E-state index contributed by atoms with van der Waals surface area (Å²) in [6.07, 6.45) is 5.93. The average molecular weight is 669 g/mol. The molecular weight excluding hydrogens is 628 g/mol. The molecule has 8 nitrogen and oxygen atoms in total. The normalized spacial score (nSPS) is 13.8. The molecule has 6 rings (SSSR count). The first-order valence-electron chi connectivity index (χ1n) is 16.0. The van der Waals surface area contributed by atoms with Gasteiger partial charge in [-0.2, -0.15) is 8.42 Å². The van der Waals surface area contributed by atoms with Gasteiger partial charge in [-0.1, -0.05) is 30.3 Å². The number of hydrogen-bond donors (Lipinski definition) is 0. The van der Waals surface area contributed by atoms with Crippen LogP contribution in [0, 0.1) is 13.8 Å². The van der Waals surface area contributed by atoms with E-state index in [4.69, 9.17) is 13.7 Å². The lowest BCUT2D eigenvalue weighted by Crippen LogP contribution is -2.11. The van der Waals surface area contributed by atoms with Gasteiger partial charge in [-0.3, -0.25) is 14.4 Å². The van der Waals surface area contributed by atoms with E-state index in [0.717, 1.165) is 76.4 Å². The van der Waals surface area contributed by atoms with E-state index in [2.05, 4.69) is 0 Å². The molecule has 0 spiro atoms. The number of hydrogen-bond acceptors (Lipinski definition) is 8. The predicted molar refractivity (Wildman–Crippen MR) is 184 cm³/mol. The third-order valence-corrected chi connectivity index (χ3v) is 9.07. The fourth-order valence-corrected chi connectivity index (χ4v) is 6.25. The molecular formula is C39H40O8S. The van der Waals surface area contributed by atoms with Crippen LogP contribution >= 0.6 is 0 Å². The number of fused-ring (bicyclic) bond motifs is 2. The molecule has 0 heterocycles. The van der Waals surface area contributed by atoms with E-state index in [1.54, 1.807) is 31.2 Å². The molecule has 48 heavy (non-hydrogen) atoms. The summed E-state index contributed by atoms with van der Waals surface area (Å²) in [6.45, 7) is 6.13. The highest BCUT2D eigenvalue weighted by atomic mass is 32.2. The van der Waals surface area contributed by atoms with Gasteiger partial charge in [-0.05, 0) is 122 Å². The van der Waals surface area contributed by atoms with Crippen LogP contribution in [0.3, 0.4) is 0 Å². The molecule has 0 N–H and O–H groups in total. The minimum Gasteiger partial charge on any atom is -0.489 e. The fourth-order valence-electron chi connectivity index (χ4n) is 5.79. The maximum Gasteiger partial charge on any atom is 0.306 e. The largest absolute Gasteiger partial charge is 0.489 e. The van der Waals surface area contributed by atoms with Crippen molar-refractivity contribution in [1.29, 1.82) is 0 Å². The van der Waals surface area contributed by atoms with Crippen LogP contribution in [0.2, 0.25) is 0 Å². The van der Waals surface area contributed by atoms with Crippen molar-refractivity contribution in [2.45, 2.75) is 72.5 Å². The molecule has 4 aromatic rings. The van der Waals surface area contributed by atoms with Gasteiger partial charge in [0.05, 0.1) is 6.26 Å². The van der Waals surface area contributed by atoms with E-state index in [1.807, 2.05) is 62.4 Å². The van der Waals surface area contributed by atoms with Crippen molar-refractivity contribution < 1.29 is 36.5 Å². The minimum atomic E-state index is -3.57. The van der Waals surface area contributed by atoms with Crippen molar-refractivity contribution in [2.24, 2.45) is 0 Å². The van der Waals surface area contributed by atoms with E-state index in [9.17, 15) is 22.8 Å². The summed E-state index contributed by atoms with van der Waals surface area (Å²) in [7, 11) is -3.57. The van der Waals surface area contributed by atoms with Crippen LogP contribution in [0.15, 0.2) is 72.8 Å². The summed E-state index contributed by atoms with van der Waals surface area (Å²) in [6, 6.07) is 22.0. The van der Waals surface area contributed by atoms with E-state index in [1.165, 1.54) is 0 Å². The molecule has 2 aliphatic rings. The summed E-state index contributed by atoms with van der Waals surface area (Å²) in [4.78, 5) is 35.5. The Hall–Kier alpha value is -4.76. The second-order valence-corrected chi connectivity index (χ2v) is 13.9. The van der Waals surface area contributed by atoms with Crippen molar-refractivity contribution in [1.82, 2.24) is 0 Å². The highest BCUT2D eigenvalue weighted by Gasteiger charge is 2.19. The van der Waals surface area contributed by atoms with Crippen molar-refractivity contribution in [3.63, 3.8) is 0 Å². The van der Waals surface area contributed by atoms with Crippen LogP contribution in [0.5, 0.6) is 17.2 Å². The zero-order valence-corrected chi connectivity index (χ0v) is 28.6.